The van der Waals surface area contributed by atoms with Crippen LogP contribution in [0.25, 0.3) is 0 Å². The lowest BCUT2D eigenvalue weighted by atomic mass is 10.1. The minimum absolute atomic E-state index is 0.115. The molecule has 0 aliphatic heterocycles. The zero-order valence-corrected chi connectivity index (χ0v) is 10.7. The molecule has 2 rings (SSSR count). The second kappa shape index (κ2) is 4.84. The minimum atomic E-state index is -1.26. The van der Waals surface area contributed by atoms with E-state index in [1.807, 2.05) is 0 Å². The molecule has 1 aliphatic rings. The molecule has 1 saturated carbocycles. The van der Waals surface area contributed by atoms with Crippen LogP contribution in [0, 0.1) is 13.8 Å². The fourth-order valence-electron chi connectivity index (χ4n) is 2.07. The van der Waals surface area contributed by atoms with E-state index in [2.05, 4.69) is 0 Å². The molecule has 19 heavy (non-hydrogen) atoms. The van der Waals surface area contributed by atoms with Crippen molar-refractivity contribution in [1.29, 1.82) is 0 Å². The first-order valence-corrected chi connectivity index (χ1v) is 5.96. The van der Waals surface area contributed by atoms with Crippen LogP contribution in [0.5, 0.6) is 5.75 Å². The van der Waals surface area contributed by atoms with E-state index in [-0.39, 0.29) is 35.7 Å². The molecule has 0 aromatic heterocycles. The Balaban J connectivity index is 2.21. The van der Waals surface area contributed by atoms with Gasteiger partial charge in [0.1, 0.15) is 5.75 Å². The fourth-order valence-corrected chi connectivity index (χ4v) is 2.07. The van der Waals surface area contributed by atoms with Crippen LogP contribution in [0.2, 0.25) is 0 Å². The molecule has 1 aromatic carbocycles. The molecular weight excluding hydrogens is 248 g/mol. The Kier molecular flexibility index (Phi) is 3.38. The SMILES string of the molecule is Cc1cc(C(=O)OC2C(=O)CCC2=O)cc(C)c1O. The van der Waals surface area contributed by atoms with Gasteiger partial charge in [-0.1, -0.05) is 0 Å². The monoisotopic (exact) mass is 262 g/mol. The Hall–Kier alpha value is -2.17. The van der Waals surface area contributed by atoms with Gasteiger partial charge in [0.15, 0.2) is 11.6 Å². The summed E-state index contributed by atoms with van der Waals surface area (Å²) in [7, 11) is 0. The molecule has 100 valence electrons. The maximum Gasteiger partial charge on any atom is 0.339 e. The van der Waals surface area contributed by atoms with E-state index in [0.29, 0.717) is 11.1 Å². The van der Waals surface area contributed by atoms with Gasteiger partial charge in [0, 0.05) is 12.8 Å². The Bertz CT molecular complexity index is 534. The number of ketones is 2. The highest BCUT2D eigenvalue weighted by molar-refractivity contribution is 6.13. The number of aryl methyl sites for hydroxylation is 2. The molecule has 5 nitrogen and oxygen atoms in total. The van der Waals surface area contributed by atoms with Crippen molar-refractivity contribution >= 4 is 17.5 Å². The molecule has 1 fully saturated rings. The topological polar surface area (TPSA) is 80.7 Å². The summed E-state index contributed by atoms with van der Waals surface area (Å²) < 4.78 is 4.95. The highest BCUT2D eigenvalue weighted by Gasteiger charge is 2.36. The van der Waals surface area contributed by atoms with E-state index in [1.165, 1.54) is 12.1 Å². The highest BCUT2D eigenvalue weighted by Crippen LogP contribution is 2.24. The fraction of sp³-hybridized carbons (Fsp3) is 0.357. The minimum Gasteiger partial charge on any atom is -0.507 e. The second-order valence-electron chi connectivity index (χ2n) is 4.68. The standard InChI is InChI=1S/C14H14O5/c1-7-5-9(6-8(2)12(7)17)14(18)19-13-10(15)3-4-11(13)16/h5-6,13,17H,3-4H2,1-2H3. The summed E-state index contributed by atoms with van der Waals surface area (Å²) in [6, 6.07) is 2.93. The van der Waals surface area contributed by atoms with Crippen LogP contribution in [0.1, 0.15) is 34.3 Å². The molecule has 0 bridgehead atoms. The van der Waals surface area contributed by atoms with Gasteiger partial charge in [-0.15, -0.1) is 0 Å². The van der Waals surface area contributed by atoms with Crippen LogP contribution >= 0.6 is 0 Å². The van der Waals surface area contributed by atoms with Crippen molar-refractivity contribution in [2.24, 2.45) is 0 Å². The first kappa shape index (κ1) is 13.3. The number of hydrogen-bond donors (Lipinski definition) is 1. The summed E-state index contributed by atoms with van der Waals surface area (Å²) in [5, 5.41) is 9.62. The molecule has 0 atom stereocenters. The summed E-state index contributed by atoms with van der Waals surface area (Å²) in [5.41, 5.74) is 1.30. The smallest absolute Gasteiger partial charge is 0.339 e. The molecule has 5 heteroatoms. The predicted octanol–water partition coefficient (Wildman–Crippen LogP) is 1.47. The number of benzene rings is 1. The maximum absolute atomic E-state index is 11.9. The third-order valence-corrected chi connectivity index (χ3v) is 3.15. The Morgan fingerprint density at radius 3 is 2.11 bits per heavy atom. The maximum atomic E-state index is 11.9. The van der Waals surface area contributed by atoms with E-state index in [0.717, 1.165) is 0 Å². The van der Waals surface area contributed by atoms with Crippen molar-refractivity contribution in [3.05, 3.63) is 28.8 Å². The molecule has 1 aliphatic carbocycles. The summed E-state index contributed by atoms with van der Waals surface area (Å²) in [6.45, 7) is 3.32. The largest absolute Gasteiger partial charge is 0.507 e. The van der Waals surface area contributed by atoms with Gasteiger partial charge < -0.3 is 9.84 Å². The molecule has 0 heterocycles. The number of Topliss-reactive ketones (excluding diaryl/α,β-unsaturated/α-hetero) is 2. The van der Waals surface area contributed by atoms with Crippen molar-refractivity contribution in [3.63, 3.8) is 0 Å². The number of rotatable bonds is 2. The van der Waals surface area contributed by atoms with Crippen LogP contribution in [-0.4, -0.2) is 28.7 Å². The number of carbonyl (C=O) groups is 3. The number of esters is 1. The van der Waals surface area contributed by atoms with Crippen LogP contribution in [0.4, 0.5) is 0 Å². The number of carbonyl (C=O) groups excluding carboxylic acids is 3. The lowest BCUT2D eigenvalue weighted by Gasteiger charge is -2.11. The average Bonchev–Trinajstić information content (AvgIpc) is 2.67. The summed E-state index contributed by atoms with van der Waals surface area (Å²) >= 11 is 0. The lowest BCUT2D eigenvalue weighted by molar-refractivity contribution is -0.133. The van der Waals surface area contributed by atoms with Gasteiger partial charge in [0.2, 0.25) is 6.10 Å². The van der Waals surface area contributed by atoms with Gasteiger partial charge >= 0.3 is 5.97 Å². The second-order valence-corrected chi connectivity index (χ2v) is 4.68. The molecule has 0 radical (unpaired) electrons. The Labute approximate surface area is 110 Å². The summed E-state index contributed by atoms with van der Waals surface area (Å²) in [4.78, 5) is 34.7. The van der Waals surface area contributed by atoms with E-state index < -0.39 is 12.1 Å². The molecule has 0 unspecified atom stereocenters. The molecular formula is C14H14O5. The number of ether oxygens (including phenoxy) is 1. The van der Waals surface area contributed by atoms with E-state index in [9.17, 15) is 19.5 Å². The zero-order valence-electron chi connectivity index (χ0n) is 10.7. The highest BCUT2D eigenvalue weighted by atomic mass is 16.6. The lowest BCUT2D eigenvalue weighted by Crippen LogP contribution is -2.28. The van der Waals surface area contributed by atoms with E-state index in [1.54, 1.807) is 13.8 Å². The van der Waals surface area contributed by atoms with Crippen molar-refractivity contribution in [3.8, 4) is 5.75 Å². The Morgan fingerprint density at radius 2 is 1.63 bits per heavy atom. The third-order valence-electron chi connectivity index (χ3n) is 3.15. The van der Waals surface area contributed by atoms with Crippen LogP contribution in [0.15, 0.2) is 12.1 Å². The van der Waals surface area contributed by atoms with Gasteiger partial charge in [0.05, 0.1) is 5.56 Å². The van der Waals surface area contributed by atoms with Gasteiger partial charge in [-0.2, -0.15) is 0 Å². The van der Waals surface area contributed by atoms with Gasteiger partial charge in [-0.05, 0) is 37.1 Å². The van der Waals surface area contributed by atoms with Crippen molar-refractivity contribution in [2.45, 2.75) is 32.8 Å². The van der Waals surface area contributed by atoms with E-state index >= 15 is 0 Å². The average molecular weight is 262 g/mol. The quantitative estimate of drug-likeness (QED) is 0.644. The number of aromatic hydroxyl groups is 1. The summed E-state index contributed by atoms with van der Waals surface area (Å²) in [5.74, 6) is -1.32. The van der Waals surface area contributed by atoms with Gasteiger partial charge in [0.25, 0.3) is 0 Å². The molecule has 1 aromatic rings. The number of phenols is 1. The van der Waals surface area contributed by atoms with E-state index in [4.69, 9.17) is 4.74 Å². The molecule has 1 N–H and O–H groups in total. The van der Waals surface area contributed by atoms with Crippen LogP contribution in [-0.2, 0) is 14.3 Å². The van der Waals surface area contributed by atoms with Gasteiger partial charge in [-0.25, -0.2) is 4.79 Å². The zero-order chi connectivity index (χ0) is 14.2. The normalized spacial score (nSPS) is 15.9. The van der Waals surface area contributed by atoms with Crippen molar-refractivity contribution < 1.29 is 24.2 Å². The molecule has 0 spiro atoms. The van der Waals surface area contributed by atoms with Crippen LogP contribution in [0.3, 0.4) is 0 Å². The number of phenolic OH excluding ortho intramolecular Hbond substituents is 1. The predicted molar refractivity (Wildman–Crippen MR) is 66.0 cm³/mol. The van der Waals surface area contributed by atoms with Crippen LogP contribution < -0.4 is 0 Å². The van der Waals surface area contributed by atoms with Crippen molar-refractivity contribution in [1.82, 2.24) is 0 Å². The molecule has 0 saturated heterocycles. The molecule has 0 amide bonds. The first-order chi connectivity index (χ1) is 8.90. The first-order valence-electron chi connectivity index (χ1n) is 5.96. The third kappa shape index (κ3) is 2.50. The summed E-state index contributed by atoms with van der Waals surface area (Å²) in [6.07, 6.45) is -1.00. The Morgan fingerprint density at radius 1 is 1.16 bits per heavy atom. The van der Waals surface area contributed by atoms with Crippen molar-refractivity contribution in [2.75, 3.05) is 0 Å². The van der Waals surface area contributed by atoms with Gasteiger partial charge in [-0.3, -0.25) is 9.59 Å². The number of hydrogen-bond acceptors (Lipinski definition) is 5.